The van der Waals surface area contributed by atoms with Crippen molar-refractivity contribution in [2.45, 2.75) is 18.3 Å². The van der Waals surface area contributed by atoms with Gasteiger partial charge in [-0.25, -0.2) is 0 Å². The predicted molar refractivity (Wildman–Crippen MR) is 63.9 cm³/mol. The van der Waals surface area contributed by atoms with Crippen LogP contribution in [0.15, 0.2) is 24.3 Å². The van der Waals surface area contributed by atoms with E-state index in [0.29, 0.717) is 12.8 Å². The zero-order chi connectivity index (χ0) is 12.3. The average Bonchev–Trinajstić information content (AvgIpc) is 2.38. The van der Waals surface area contributed by atoms with Gasteiger partial charge in [0.2, 0.25) is 0 Å². The van der Waals surface area contributed by atoms with Gasteiger partial charge in [0.25, 0.3) is 0 Å². The highest BCUT2D eigenvalue weighted by Gasteiger charge is 2.42. The molecule has 4 heteroatoms. The molecule has 0 bridgehead atoms. The van der Waals surface area contributed by atoms with Crippen molar-refractivity contribution >= 4 is 5.97 Å². The zero-order valence-electron chi connectivity index (χ0n) is 9.90. The van der Waals surface area contributed by atoms with Crippen LogP contribution in [0.3, 0.4) is 0 Å². The maximum Gasteiger partial charge on any atom is 0.316 e. The van der Waals surface area contributed by atoms with Crippen LogP contribution in [0.2, 0.25) is 0 Å². The predicted octanol–water partition coefficient (Wildman–Crippen LogP) is 1.19. The van der Waals surface area contributed by atoms with Crippen LogP contribution in [0.1, 0.15) is 18.4 Å². The number of phenols is 1. The number of carbonyl (C=O) groups excluding carboxylic acids is 1. The summed E-state index contributed by atoms with van der Waals surface area (Å²) in [6.07, 6.45) is 1.40. The average molecular weight is 235 g/mol. The molecule has 1 aliphatic heterocycles. The number of carbonyl (C=O) groups is 1. The minimum absolute atomic E-state index is 0.185. The highest BCUT2D eigenvalue weighted by Crippen LogP contribution is 2.36. The van der Waals surface area contributed by atoms with Crippen LogP contribution in [0, 0.1) is 0 Å². The molecule has 1 fully saturated rings. The van der Waals surface area contributed by atoms with Crippen LogP contribution in [0.5, 0.6) is 5.75 Å². The summed E-state index contributed by atoms with van der Waals surface area (Å²) < 4.78 is 4.94. The third-order valence-electron chi connectivity index (χ3n) is 3.43. The standard InChI is InChI=1S/C13H17NO3/c1-17-12(16)13(5-7-14-8-6-13)10-3-2-4-11(15)9-10/h2-4,9,14-15H,5-8H2,1H3. The summed E-state index contributed by atoms with van der Waals surface area (Å²) in [6.45, 7) is 1.56. The molecule has 0 spiro atoms. The van der Waals surface area contributed by atoms with Crippen LogP contribution < -0.4 is 5.32 Å². The molecule has 0 unspecified atom stereocenters. The molecular weight excluding hydrogens is 218 g/mol. The smallest absolute Gasteiger partial charge is 0.316 e. The van der Waals surface area contributed by atoms with E-state index in [-0.39, 0.29) is 11.7 Å². The largest absolute Gasteiger partial charge is 0.508 e. The number of nitrogens with one attached hydrogen (secondary N) is 1. The van der Waals surface area contributed by atoms with Crippen molar-refractivity contribution in [2.75, 3.05) is 20.2 Å². The lowest BCUT2D eigenvalue weighted by Gasteiger charge is -2.35. The molecule has 1 aromatic carbocycles. The van der Waals surface area contributed by atoms with Crippen molar-refractivity contribution < 1.29 is 14.6 Å². The van der Waals surface area contributed by atoms with E-state index in [2.05, 4.69) is 5.32 Å². The summed E-state index contributed by atoms with van der Waals surface area (Å²) in [5, 5.41) is 12.8. The van der Waals surface area contributed by atoms with Crippen LogP contribution in [0.4, 0.5) is 0 Å². The Labute approximate surface area is 101 Å². The van der Waals surface area contributed by atoms with E-state index in [1.54, 1.807) is 18.2 Å². The second kappa shape index (κ2) is 4.75. The van der Waals surface area contributed by atoms with E-state index in [1.807, 2.05) is 6.07 Å². The summed E-state index contributed by atoms with van der Waals surface area (Å²) in [5.41, 5.74) is 0.226. The van der Waals surface area contributed by atoms with Crippen LogP contribution in [-0.2, 0) is 14.9 Å². The van der Waals surface area contributed by atoms with Gasteiger partial charge in [0.1, 0.15) is 5.75 Å². The molecule has 17 heavy (non-hydrogen) atoms. The first kappa shape index (κ1) is 11.9. The van der Waals surface area contributed by atoms with Crippen molar-refractivity contribution in [1.29, 1.82) is 0 Å². The molecule has 1 aromatic rings. The molecule has 1 heterocycles. The lowest BCUT2D eigenvalue weighted by atomic mass is 9.73. The Kier molecular flexibility index (Phi) is 3.33. The number of aromatic hydroxyl groups is 1. The van der Waals surface area contributed by atoms with Gasteiger partial charge in [0, 0.05) is 0 Å². The topological polar surface area (TPSA) is 58.6 Å². The number of rotatable bonds is 2. The zero-order valence-corrected chi connectivity index (χ0v) is 9.90. The molecule has 92 valence electrons. The Morgan fingerprint density at radius 3 is 2.71 bits per heavy atom. The molecule has 2 rings (SSSR count). The maximum atomic E-state index is 12.1. The van der Waals surface area contributed by atoms with E-state index < -0.39 is 5.41 Å². The normalized spacial score (nSPS) is 18.6. The van der Waals surface area contributed by atoms with Crippen molar-refractivity contribution in [2.24, 2.45) is 0 Å². The quantitative estimate of drug-likeness (QED) is 0.756. The van der Waals surface area contributed by atoms with Gasteiger partial charge in [0.05, 0.1) is 12.5 Å². The molecule has 0 saturated carbocycles. The fraction of sp³-hybridized carbons (Fsp3) is 0.462. The molecular formula is C13H17NO3. The minimum Gasteiger partial charge on any atom is -0.508 e. The Hall–Kier alpha value is -1.55. The summed E-state index contributed by atoms with van der Waals surface area (Å²) in [6, 6.07) is 6.90. The van der Waals surface area contributed by atoms with E-state index >= 15 is 0 Å². The van der Waals surface area contributed by atoms with Crippen LogP contribution in [-0.4, -0.2) is 31.3 Å². The van der Waals surface area contributed by atoms with Crippen LogP contribution in [0.25, 0.3) is 0 Å². The lowest BCUT2D eigenvalue weighted by Crippen LogP contribution is -2.46. The van der Waals surface area contributed by atoms with E-state index in [1.165, 1.54) is 7.11 Å². The molecule has 0 aromatic heterocycles. The monoisotopic (exact) mass is 235 g/mol. The summed E-state index contributed by atoms with van der Waals surface area (Å²) >= 11 is 0. The fourth-order valence-electron chi connectivity index (χ4n) is 2.46. The molecule has 0 aliphatic carbocycles. The van der Waals surface area contributed by atoms with E-state index in [9.17, 15) is 9.90 Å². The van der Waals surface area contributed by atoms with Crippen molar-refractivity contribution in [1.82, 2.24) is 5.32 Å². The summed E-state index contributed by atoms with van der Waals surface area (Å²) in [7, 11) is 1.41. The number of benzene rings is 1. The van der Waals surface area contributed by atoms with Crippen LogP contribution >= 0.6 is 0 Å². The van der Waals surface area contributed by atoms with Crippen molar-refractivity contribution in [3.63, 3.8) is 0 Å². The number of ether oxygens (including phenoxy) is 1. The Bertz CT molecular complexity index is 411. The SMILES string of the molecule is COC(=O)C1(c2cccc(O)c2)CCNCC1. The minimum atomic E-state index is -0.612. The fourth-order valence-corrected chi connectivity index (χ4v) is 2.46. The maximum absolute atomic E-state index is 12.1. The molecule has 1 aliphatic rings. The van der Waals surface area contributed by atoms with Gasteiger partial charge in [-0.2, -0.15) is 0 Å². The Morgan fingerprint density at radius 2 is 2.12 bits per heavy atom. The number of esters is 1. The first-order valence-corrected chi connectivity index (χ1v) is 5.78. The summed E-state index contributed by atoms with van der Waals surface area (Å²) in [4.78, 5) is 12.1. The number of methoxy groups -OCH3 is 1. The second-order valence-corrected chi connectivity index (χ2v) is 4.37. The first-order chi connectivity index (χ1) is 8.19. The van der Waals surface area contributed by atoms with Crippen molar-refractivity contribution in [3.8, 4) is 5.75 Å². The number of hydrogen-bond acceptors (Lipinski definition) is 4. The van der Waals surface area contributed by atoms with Gasteiger partial charge in [-0.1, -0.05) is 12.1 Å². The third kappa shape index (κ3) is 2.13. The van der Waals surface area contributed by atoms with Gasteiger partial charge < -0.3 is 15.2 Å². The van der Waals surface area contributed by atoms with Gasteiger partial charge in [-0.3, -0.25) is 4.79 Å². The lowest BCUT2D eigenvalue weighted by molar-refractivity contribution is -0.148. The molecule has 2 N–H and O–H groups in total. The Morgan fingerprint density at radius 1 is 1.41 bits per heavy atom. The number of phenolic OH excluding ortho intramolecular Hbond substituents is 1. The van der Waals surface area contributed by atoms with E-state index in [4.69, 9.17) is 4.74 Å². The van der Waals surface area contributed by atoms with E-state index in [0.717, 1.165) is 18.7 Å². The Balaban J connectivity index is 2.42. The van der Waals surface area contributed by atoms with Gasteiger partial charge in [-0.15, -0.1) is 0 Å². The second-order valence-electron chi connectivity index (χ2n) is 4.37. The summed E-state index contributed by atoms with van der Waals surface area (Å²) in [5.74, 6) is -0.0334. The highest BCUT2D eigenvalue weighted by atomic mass is 16.5. The molecule has 0 radical (unpaired) electrons. The first-order valence-electron chi connectivity index (χ1n) is 5.78. The molecule has 4 nitrogen and oxygen atoms in total. The highest BCUT2D eigenvalue weighted by molar-refractivity contribution is 5.83. The van der Waals surface area contributed by atoms with Crippen molar-refractivity contribution in [3.05, 3.63) is 29.8 Å². The molecule has 0 amide bonds. The van der Waals surface area contributed by atoms with Gasteiger partial charge in [0.15, 0.2) is 0 Å². The molecule has 0 atom stereocenters. The number of piperidine rings is 1. The van der Waals surface area contributed by atoms with Gasteiger partial charge in [-0.05, 0) is 43.6 Å². The third-order valence-corrected chi connectivity index (χ3v) is 3.43. The number of hydrogen-bond donors (Lipinski definition) is 2. The molecule has 1 saturated heterocycles. The van der Waals surface area contributed by atoms with Gasteiger partial charge >= 0.3 is 5.97 Å².